The van der Waals surface area contributed by atoms with Gasteiger partial charge >= 0.3 is 0 Å². The molecule has 15 heavy (non-hydrogen) atoms. The normalized spacial score (nSPS) is 10.5. The third-order valence-electron chi connectivity index (χ3n) is 1.94. The number of hydrogen-bond acceptors (Lipinski definition) is 3. The van der Waals surface area contributed by atoms with Crippen molar-refractivity contribution in [1.29, 1.82) is 0 Å². The molecule has 0 aromatic carbocycles. The smallest absolute Gasteiger partial charge is 0.158 e. The van der Waals surface area contributed by atoms with Crippen molar-refractivity contribution in [3.05, 3.63) is 0 Å². The molecule has 3 heteroatoms. The molecule has 0 unspecified atom stereocenters. The van der Waals surface area contributed by atoms with Crippen molar-refractivity contribution in [2.24, 2.45) is 0 Å². The molecule has 0 heterocycles. The maximum absolute atomic E-state index is 5.42. The molecule has 0 saturated carbocycles. The van der Waals surface area contributed by atoms with Gasteiger partial charge in [-0.05, 0) is 33.4 Å². The minimum Gasteiger partial charge on any atom is -0.353 e. The van der Waals surface area contributed by atoms with Crippen molar-refractivity contribution in [1.82, 2.24) is 5.32 Å². The summed E-state index contributed by atoms with van der Waals surface area (Å²) in [4.78, 5) is 0. The second kappa shape index (κ2) is 11.5. The minimum absolute atomic E-state index is 0.0693. The van der Waals surface area contributed by atoms with E-state index in [-0.39, 0.29) is 6.29 Å². The van der Waals surface area contributed by atoms with Gasteiger partial charge in [-0.3, -0.25) is 0 Å². The summed E-state index contributed by atoms with van der Waals surface area (Å²) < 4.78 is 10.8. The van der Waals surface area contributed by atoms with Crippen molar-refractivity contribution in [3.8, 4) is 12.3 Å². The first-order valence-corrected chi connectivity index (χ1v) is 5.72. The van der Waals surface area contributed by atoms with Crippen LogP contribution in [-0.4, -0.2) is 32.6 Å². The fourth-order valence-electron chi connectivity index (χ4n) is 1.25. The van der Waals surface area contributed by atoms with Gasteiger partial charge in [0.2, 0.25) is 0 Å². The lowest BCUT2D eigenvalue weighted by molar-refractivity contribution is -0.138. The average molecular weight is 213 g/mol. The number of hydrogen-bond donors (Lipinski definition) is 1. The van der Waals surface area contributed by atoms with Crippen molar-refractivity contribution >= 4 is 0 Å². The van der Waals surface area contributed by atoms with Gasteiger partial charge in [0, 0.05) is 26.1 Å². The first-order chi connectivity index (χ1) is 7.35. The zero-order chi connectivity index (χ0) is 11.4. The zero-order valence-corrected chi connectivity index (χ0v) is 9.92. The summed E-state index contributed by atoms with van der Waals surface area (Å²) in [6, 6.07) is 0. The van der Waals surface area contributed by atoms with Crippen LogP contribution in [0.1, 0.15) is 33.1 Å². The molecule has 0 aromatic rings. The first kappa shape index (κ1) is 14.4. The lowest BCUT2D eigenvalue weighted by Gasteiger charge is -2.16. The molecule has 0 atom stereocenters. The fraction of sp³-hybridized carbons (Fsp3) is 0.833. The number of rotatable bonds is 10. The predicted octanol–water partition coefficient (Wildman–Crippen LogP) is 1.78. The van der Waals surface area contributed by atoms with Gasteiger partial charge in [0.25, 0.3) is 0 Å². The number of ether oxygens (including phenoxy) is 2. The lowest BCUT2D eigenvalue weighted by atomic mass is 10.3. The highest BCUT2D eigenvalue weighted by atomic mass is 16.7. The molecular formula is C12H23NO2. The molecule has 0 aliphatic rings. The predicted molar refractivity (Wildman–Crippen MR) is 62.6 cm³/mol. The Kier molecular flexibility index (Phi) is 11.1. The van der Waals surface area contributed by atoms with Crippen LogP contribution in [0.15, 0.2) is 0 Å². The van der Waals surface area contributed by atoms with Gasteiger partial charge in [0.05, 0.1) is 0 Å². The molecule has 88 valence electrons. The summed E-state index contributed by atoms with van der Waals surface area (Å²) in [5.41, 5.74) is 0. The Hall–Kier alpha value is -0.560. The van der Waals surface area contributed by atoms with E-state index < -0.39 is 0 Å². The van der Waals surface area contributed by atoms with Crippen LogP contribution in [0.4, 0.5) is 0 Å². The Labute approximate surface area is 93.5 Å². The van der Waals surface area contributed by atoms with Gasteiger partial charge in [-0.25, -0.2) is 0 Å². The third kappa shape index (κ3) is 9.74. The van der Waals surface area contributed by atoms with Crippen LogP contribution < -0.4 is 5.32 Å². The highest BCUT2D eigenvalue weighted by Crippen LogP contribution is 1.99. The summed E-state index contributed by atoms with van der Waals surface area (Å²) in [6.45, 7) is 7.23. The third-order valence-corrected chi connectivity index (χ3v) is 1.94. The molecule has 0 bridgehead atoms. The summed E-state index contributed by atoms with van der Waals surface area (Å²) in [6.07, 6.45) is 7.84. The van der Waals surface area contributed by atoms with Gasteiger partial charge in [0.15, 0.2) is 6.29 Å². The molecule has 0 spiro atoms. The summed E-state index contributed by atoms with van der Waals surface area (Å²) in [5, 5.41) is 3.31. The number of nitrogens with one attached hydrogen (secondary N) is 1. The zero-order valence-electron chi connectivity index (χ0n) is 9.92. The largest absolute Gasteiger partial charge is 0.353 e. The van der Waals surface area contributed by atoms with E-state index >= 15 is 0 Å². The SMILES string of the molecule is C#CCCCNCCC(OCC)OCC. The van der Waals surface area contributed by atoms with E-state index in [1.54, 1.807) is 0 Å². The topological polar surface area (TPSA) is 30.5 Å². The van der Waals surface area contributed by atoms with Crippen molar-refractivity contribution < 1.29 is 9.47 Å². The van der Waals surface area contributed by atoms with Crippen molar-refractivity contribution in [2.75, 3.05) is 26.3 Å². The maximum Gasteiger partial charge on any atom is 0.158 e. The van der Waals surface area contributed by atoms with Crippen LogP contribution in [-0.2, 0) is 9.47 Å². The standard InChI is InChI=1S/C12H23NO2/c1-4-7-8-10-13-11-9-12(14-5-2)15-6-3/h1,12-13H,5-11H2,2-3H3. The Bertz CT molecular complexity index is 159. The van der Waals surface area contributed by atoms with Crippen LogP contribution >= 0.6 is 0 Å². The monoisotopic (exact) mass is 213 g/mol. The number of terminal acetylenes is 1. The van der Waals surface area contributed by atoms with Crippen LogP contribution in [0, 0.1) is 12.3 Å². The number of unbranched alkanes of at least 4 members (excludes halogenated alkanes) is 1. The maximum atomic E-state index is 5.42. The van der Waals surface area contributed by atoms with E-state index in [1.807, 2.05) is 13.8 Å². The Balaban J connectivity index is 3.32. The van der Waals surface area contributed by atoms with E-state index in [2.05, 4.69) is 11.2 Å². The van der Waals surface area contributed by atoms with E-state index in [9.17, 15) is 0 Å². The molecule has 0 saturated heterocycles. The molecule has 1 N–H and O–H groups in total. The van der Waals surface area contributed by atoms with Crippen LogP contribution in [0.5, 0.6) is 0 Å². The first-order valence-electron chi connectivity index (χ1n) is 5.72. The summed E-state index contributed by atoms with van der Waals surface area (Å²) >= 11 is 0. The molecule has 0 aliphatic carbocycles. The molecule has 0 fully saturated rings. The molecular weight excluding hydrogens is 190 g/mol. The van der Waals surface area contributed by atoms with E-state index in [0.717, 1.165) is 32.4 Å². The van der Waals surface area contributed by atoms with Crippen molar-refractivity contribution in [3.63, 3.8) is 0 Å². The quantitative estimate of drug-likeness (QED) is 0.341. The highest BCUT2D eigenvalue weighted by molar-refractivity contribution is 4.83. The van der Waals surface area contributed by atoms with Gasteiger partial charge in [-0.2, -0.15) is 0 Å². The summed E-state index contributed by atoms with van der Waals surface area (Å²) in [7, 11) is 0. The Morgan fingerprint density at radius 3 is 2.40 bits per heavy atom. The van der Waals surface area contributed by atoms with Crippen LogP contribution in [0.2, 0.25) is 0 Å². The summed E-state index contributed by atoms with van der Waals surface area (Å²) in [5.74, 6) is 2.62. The Morgan fingerprint density at radius 2 is 1.87 bits per heavy atom. The molecule has 0 amide bonds. The van der Waals surface area contributed by atoms with E-state index in [4.69, 9.17) is 15.9 Å². The second-order valence-electron chi connectivity index (χ2n) is 3.19. The second-order valence-corrected chi connectivity index (χ2v) is 3.19. The van der Waals surface area contributed by atoms with Crippen LogP contribution in [0.25, 0.3) is 0 Å². The fourth-order valence-corrected chi connectivity index (χ4v) is 1.25. The lowest BCUT2D eigenvalue weighted by Crippen LogP contribution is -2.25. The van der Waals surface area contributed by atoms with Gasteiger partial charge in [-0.15, -0.1) is 12.3 Å². The van der Waals surface area contributed by atoms with E-state index in [1.165, 1.54) is 0 Å². The molecule has 0 rings (SSSR count). The van der Waals surface area contributed by atoms with Gasteiger partial charge in [0.1, 0.15) is 0 Å². The van der Waals surface area contributed by atoms with Crippen LogP contribution in [0.3, 0.4) is 0 Å². The Morgan fingerprint density at radius 1 is 1.20 bits per heavy atom. The van der Waals surface area contributed by atoms with E-state index in [0.29, 0.717) is 13.2 Å². The van der Waals surface area contributed by atoms with Gasteiger partial charge < -0.3 is 14.8 Å². The van der Waals surface area contributed by atoms with Gasteiger partial charge in [-0.1, -0.05) is 0 Å². The highest BCUT2D eigenvalue weighted by Gasteiger charge is 2.06. The molecule has 0 radical (unpaired) electrons. The molecule has 3 nitrogen and oxygen atoms in total. The van der Waals surface area contributed by atoms with Crippen molar-refractivity contribution in [2.45, 2.75) is 39.4 Å². The molecule has 0 aromatic heterocycles. The average Bonchev–Trinajstić information content (AvgIpc) is 2.24. The minimum atomic E-state index is -0.0693. The molecule has 0 aliphatic heterocycles.